The maximum Gasteiger partial charge on any atom is 0.131 e. The Morgan fingerprint density at radius 3 is 2.71 bits per heavy atom. The lowest BCUT2D eigenvalue weighted by Crippen LogP contribution is -2.38. The van der Waals surface area contributed by atoms with Gasteiger partial charge in [-0.15, -0.1) is 0 Å². The van der Waals surface area contributed by atoms with Crippen LogP contribution in [0, 0.1) is 11.6 Å². The van der Waals surface area contributed by atoms with Crippen LogP contribution in [-0.2, 0) is 6.42 Å². The van der Waals surface area contributed by atoms with Gasteiger partial charge in [-0.05, 0) is 31.0 Å². The zero-order valence-corrected chi connectivity index (χ0v) is 11.9. The first-order valence-corrected chi connectivity index (χ1v) is 7.13. The lowest BCUT2D eigenvalue weighted by molar-refractivity contribution is 0.520. The lowest BCUT2D eigenvalue weighted by Gasteiger charge is -2.34. The third-order valence-corrected chi connectivity index (χ3v) is 4.14. The molecule has 2 unspecified atom stereocenters. The highest BCUT2D eigenvalue weighted by atomic mass is 19.1. The van der Waals surface area contributed by atoms with Crippen molar-refractivity contribution in [2.75, 3.05) is 11.4 Å². The van der Waals surface area contributed by atoms with Crippen molar-refractivity contribution < 1.29 is 8.78 Å². The fourth-order valence-electron chi connectivity index (χ4n) is 3.23. The number of benzene rings is 2. The molecule has 1 aliphatic rings. The molecule has 0 aliphatic carbocycles. The largest absolute Gasteiger partial charge is 0.360 e. The minimum atomic E-state index is -0.568. The third-order valence-electron chi connectivity index (χ3n) is 4.14. The Bertz CT molecular complexity index is 657. The summed E-state index contributed by atoms with van der Waals surface area (Å²) in [7, 11) is 0. The Balaban J connectivity index is 2.04. The molecule has 0 bridgehead atoms. The van der Waals surface area contributed by atoms with Gasteiger partial charge in [-0.1, -0.05) is 24.3 Å². The van der Waals surface area contributed by atoms with E-state index >= 15 is 0 Å². The molecule has 3 rings (SSSR count). The number of nitrogens with two attached hydrogens (primary N) is 1. The Labute approximate surface area is 123 Å². The van der Waals surface area contributed by atoms with Gasteiger partial charge in [-0.25, -0.2) is 8.78 Å². The summed E-state index contributed by atoms with van der Waals surface area (Å²) in [6.45, 7) is 2.38. The molecule has 4 heteroatoms. The number of halogens is 2. The molecule has 0 radical (unpaired) electrons. The number of nitrogens with zero attached hydrogens (tertiary/aromatic N) is 1. The summed E-state index contributed by atoms with van der Waals surface area (Å²) in [5, 5.41) is 0. The second kappa shape index (κ2) is 5.45. The van der Waals surface area contributed by atoms with Crippen LogP contribution < -0.4 is 10.6 Å². The van der Waals surface area contributed by atoms with E-state index in [4.69, 9.17) is 5.73 Å². The smallest absolute Gasteiger partial charge is 0.131 e. The van der Waals surface area contributed by atoms with Crippen molar-refractivity contribution in [3.63, 3.8) is 0 Å². The molecule has 21 heavy (non-hydrogen) atoms. The summed E-state index contributed by atoms with van der Waals surface area (Å²) >= 11 is 0. The van der Waals surface area contributed by atoms with E-state index in [1.165, 1.54) is 17.7 Å². The lowest BCUT2D eigenvalue weighted by atomic mass is 10.0. The van der Waals surface area contributed by atoms with E-state index in [0.717, 1.165) is 18.2 Å². The minimum Gasteiger partial charge on any atom is -0.360 e. The third kappa shape index (κ3) is 2.40. The molecule has 0 fully saturated rings. The van der Waals surface area contributed by atoms with Gasteiger partial charge < -0.3 is 10.6 Å². The molecular weight excluding hydrogens is 270 g/mol. The van der Waals surface area contributed by atoms with Crippen molar-refractivity contribution in [3.8, 4) is 0 Å². The highest BCUT2D eigenvalue weighted by Gasteiger charge is 2.32. The van der Waals surface area contributed by atoms with Gasteiger partial charge in [0.05, 0.1) is 6.04 Å². The van der Waals surface area contributed by atoms with E-state index in [9.17, 15) is 8.78 Å². The van der Waals surface area contributed by atoms with Crippen LogP contribution in [0.4, 0.5) is 14.5 Å². The van der Waals surface area contributed by atoms with Crippen LogP contribution in [0.15, 0.2) is 42.5 Å². The van der Waals surface area contributed by atoms with Crippen molar-refractivity contribution in [3.05, 3.63) is 65.2 Å². The molecule has 2 nitrogen and oxygen atoms in total. The molecule has 1 aliphatic heterocycles. The quantitative estimate of drug-likeness (QED) is 0.937. The van der Waals surface area contributed by atoms with E-state index in [1.54, 1.807) is 0 Å². The van der Waals surface area contributed by atoms with Crippen LogP contribution in [-0.4, -0.2) is 12.6 Å². The first kappa shape index (κ1) is 14.0. The van der Waals surface area contributed by atoms with Crippen LogP contribution in [0.1, 0.15) is 24.1 Å². The summed E-state index contributed by atoms with van der Waals surface area (Å²) in [6.07, 6.45) is 0.912. The maximum atomic E-state index is 14.1. The molecule has 2 aromatic carbocycles. The van der Waals surface area contributed by atoms with E-state index in [2.05, 4.69) is 17.9 Å². The highest BCUT2D eigenvalue weighted by Crippen LogP contribution is 2.38. The first-order valence-electron chi connectivity index (χ1n) is 7.13. The van der Waals surface area contributed by atoms with Crippen LogP contribution in [0.5, 0.6) is 0 Å². The molecule has 2 aromatic rings. The van der Waals surface area contributed by atoms with E-state index < -0.39 is 11.6 Å². The van der Waals surface area contributed by atoms with Gasteiger partial charge in [0.2, 0.25) is 0 Å². The summed E-state index contributed by atoms with van der Waals surface area (Å²) < 4.78 is 27.2. The van der Waals surface area contributed by atoms with Crippen molar-refractivity contribution in [1.29, 1.82) is 0 Å². The topological polar surface area (TPSA) is 29.3 Å². The number of fused-ring (bicyclic) bond motifs is 1. The summed E-state index contributed by atoms with van der Waals surface area (Å²) in [6, 6.07) is 11.7. The van der Waals surface area contributed by atoms with Crippen LogP contribution in [0.25, 0.3) is 0 Å². The van der Waals surface area contributed by atoms with Crippen molar-refractivity contribution in [1.82, 2.24) is 0 Å². The Hall–Kier alpha value is -1.94. The van der Waals surface area contributed by atoms with Crippen molar-refractivity contribution >= 4 is 5.69 Å². The average Bonchev–Trinajstić information content (AvgIpc) is 2.78. The van der Waals surface area contributed by atoms with Crippen molar-refractivity contribution in [2.24, 2.45) is 5.73 Å². The van der Waals surface area contributed by atoms with Crippen molar-refractivity contribution in [2.45, 2.75) is 25.4 Å². The molecule has 2 atom stereocenters. The van der Waals surface area contributed by atoms with E-state index in [1.807, 2.05) is 18.2 Å². The second-order valence-electron chi connectivity index (χ2n) is 5.51. The summed E-state index contributed by atoms with van der Waals surface area (Å²) in [5.74, 6) is -1.11. The fourth-order valence-corrected chi connectivity index (χ4v) is 3.23. The van der Waals surface area contributed by atoms with Crippen LogP contribution in [0.2, 0.25) is 0 Å². The molecule has 0 amide bonds. The average molecular weight is 288 g/mol. The normalized spacial score (nSPS) is 18.7. The monoisotopic (exact) mass is 288 g/mol. The van der Waals surface area contributed by atoms with E-state index in [-0.39, 0.29) is 18.6 Å². The van der Waals surface area contributed by atoms with E-state index in [0.29, 0.717) is 5.56 Å². The zero-order chi connectivity index (χ0) is 15.0. The SMILES string of the molecule is CC1Cc2ccccc2N1C(CN)c1ccc(F)cc1F. The molecule has 0 saturated carbocycles. The minimum absolute atomic E-state index is 0.236. The number of anilines is 1. The number of hydrogen-bond donors (Lipinski definition) is 1. The molecule has 0 saturated heterocycles. The number of para-hydroxylation sites is 1. The number of rotatable bonds is 3. The van der Waals surface area contributed by atoms with Gasteiger partial charge in [-0.2, -0.15) is 0 Å². The predicted molar refractivity (Wildman–Crippen MR) is 80.2 cm³/mol. The molecule has 110 valence electrons. The Kier molecular flexibility index (Phi) is 3.64. The Morgan fingerprint density at radius 2 is 2.00 bits per heavy atom. The van der Waals surface area contributed by atoms with Crippen LogP contribution >= 0.6 is 0 Å². The fraction of sp³-hybridized carbons (Fsp3) is 0.294. The summed E-state index contributed by atoms with van der Waals surface area (Å²) in [4.78, 5) is 2.14. The maximum absolute atomic E-state index is 14.1. The second-order valence-corrected chi connectivity index (χ2v) is 5.51. The highest BCUT2D eigenvalue weighted by molar-refractivity contribution is 5.61. The molecule has 0 spiro atoms. The predicted octanol–water partition coefficient (Wildman–Crippen LogP) is 3.42. The van der Waals surface area contributed by atoms with Gasteiger partial charge >= 0.3 is 0 Å². The molecule has 2 N–H and O–H groups in total. The van der Waals surface area contributed by atoms with Gasteiger partial charge in [0.1, 0.15) is 11.6 Å². The standard InChI is InChI=1S/C17H18F2N2/c1-11-8-12-4-2-3-5-16(12)21(11)17(10-20)14-7-6-13(18)9-15(14)19/h2-7,9,11,17H,8,10,20H2,1H3. The number of hydrogen-bond acceptors (Lipinski definition) is 2. The zero-order valence-electron chi connectivity index (χ0n) is 11.9. The first-order chi connectivity index (χ1) is 10.1. The molecule has 0 aromatic heterocycles. The van der Waals surface area contributed by atoms with Gasteiger partial charge in [0.25, 0.3) is 0 Å². The van der Waals surface area contributed by atoms with Gasteiger partial charge in [-0.3, -0.25) is 0 Å². The molecule has 1 heterocycles. The van der Waals surface area contributed by atoms with Gasteiger partial charge in [0, 0.05) is 29.9 Å². The molecular formula is C17H18F2N2. The van der Waals surface area contributed by atoms with Crippen LogP contribution in [0.3, 0.4) is 0 Å². The Morgan fingerprint density at radius 1 is 1.24 bits per heavy atom. The van der Waals surface area contributed by atoms with Gasteiger partial charge in [0.15, 0.2) is 0 Å². The summed E-state index contributed by atoms with van der Waals surface area (Å²) in [5.41, 5.74) is 8.68.